The number of hydrogen-bond donors (Lipinski definition) is 2. The molecule has 0 atom stereocenters. The highest BCUT2D eigenvalue weighted by Crippen LogP contribution is 2.21. The summed E-state index contributed by atoms with van der Waals surface area (Å²) < 4.78 is 0. The summed E-state index contributed by atoms with van der Waals surface area (Å²) in [4.78, 5) is 16.0. The minimum atomic E-state index is -0.555. The Morgan fingerprint density at radius 1 is 1.26 bits per heavy atom. The van der Waals surface area contributed by atoms with Crippen LogP contribution in [0.25, 0.3) is 0 Å². The Hall–Kier alpha value is -2.50. The van der Waals surface area contributed by atoms with E-state index in [2.05, 4.69) is 41.3 Å². The second-order valence-corrected chi connectivity index (χ2v) is 6.56. The predicted molar refractivity (Wildman–Crippen MR) is 90.4 cm³/mol. The van der Waals surface area contributed by atoms with Crippen molar-refractivity contribution in [1.82, 2.24) is 15.2 Å². The van der Waals surface area contributed by atoms with Crippen LogP contribution in [0.15, 0.2) is 24.3 Å². The standard InChI is InChI=1S/C17H23N5O/c1-11-10-12(15(16(18)23)22-21-11)8-9-19-14-7-5-6-13(20-14)17(2,3)4/h5-7,10H,8-9H2,1-4H3,(H2,18,23)(H,19,20). The molecule has 0 bridgehead atoms. The maximum Gasteiger partial charge on any atom is 0.269 e. The molecule has 0 fully saturated rings. The number of aromatic nitrogens is 3. The molecule has 0 aliphatic heterocycles. The maximum atomic E-state index is 11.4. The van der Waals surface area contributed by atoms with Gasteiger partial charge in [-0.05, 0) is 37.1 Å². The molecular weight excluding hydrogens is 290 g/mol. The molecule has 2 aromatic heterocycles. The molecule has 2 heterocycles. The summed E-state index contributed by atoms with van der Waals surface area (Å²) in [5, 5.41) is 11.0. The molecule has 2 rings (SSSR count). The lowest BCUT2D eigenvalue weighted by molar-refractivity contribution is 0.0993. The van der Waals surface area contributed by atoms with E-state index in [1.165, 1.54) is 0 Å². The average molecular weight is 313 g/mol. The SMILES string of the molecule is Cc1cc(CCNc2cccc(C(C)(C)C)n2)c(C(N)=O)nn1. The van der Waals surface area contributed by atoms with Crippen molar-refractivity contribution in [3.8, 4) is 0 Å². The zero-order chi connectivity index (χ0) is 17.0. The Bertz CT molecular complexity index is 706. The summed E-state index contributed by atoms with van der Waals surface area (Å²) in [5.41, 5.74) is 8.16. The van der Waals surface area contributed by atoms with Crippen LogP contribution in [-0.2, 0) is 11.8 Å². The lowest BCUT2D eigenvalue weighted by Crippen LogP contribution is -2.19. The zero-order valence-corrected chi connectivity index (χ0v) is 14.1. The minimum Gasteiger partial charge on any atom is -0.370 e. The Kier molecular flexibility index (Phi) is 4.93. The molecule has 3 N–H and O–H groups in total. The van der Waals surface area contributed by atoms with E-state index in [4.69, 9.17) is 5.73 Å². The molecule has 0 saturated carbocycles. The van der Waals surface area contributed by atoms with Crippen molar-refractivity contribution in [2.75, 3.05) is 11.9 Å². The number of carbonyl (C=O) groups is 1. The predicted octanol–water partition coefficient (Wildman–Crippen LogP) is 2.23. The first-order valence-electron chi connectivity index (χ1n) is 7.62. The first kappa shape index (κ1) is 16.9. The second-order valence-electron chi connectivity index (χ2n) is 6.56. The van der Waals surface area contributed by atoms with Crippen LogP contribution in [0, 0.1) is 6.92 Å². The number of rotatable bonds is 5. The molecule has 2 aromatic rings. The summed E-state index contributed by atoms with van der Waals surface area (Å²) in [6.45, 7) is 8.85. The highest BCUT2D eigenvalue weighted by molar-refractivity contribution is 5.92. The van der Waals surface area contributed by atoms with Crippen LogP contribution < -0.4 is 11.1 Å². The van der Waals surface area contributed by atoms with Crippen LogP contribution in [0.3, 0.4) is 0 Å². The van der Waals surface area contributed by atoms with E-state index in [0.717, 1.165) is 22.8 Å². The monoisotopic (exact) mass is 313 g/mol. The third-order valence-corrected chi connectivity index (χ3v) is 3.45. The van der Waals surface area contributed by atoms with Gasteiger partial charge in [-0.25, -0.2) is 4.98 Å². The summed E-state index contributed by atoms with van der Waals surface area (Å²) in [5.74, 6) is 0.261. The summed E-state index contributed by atoms with van der Waals surface area (Å²) >= 11 is 0. The Morgan fingerprint density at radius 2 is 2.00 bits per heavy atom. The van der Waals surface area contributed by atoms with Crippen molar-refractivity contribution >= 4 is 11.7 Å². The fourth-order valence-corrected chi connectivity index (χ4v) is 2.22. The van der Waals surface area contributed by atoms with E-state index in [0.29, 0.717) is 13.0 Å². The number of carbonyl (C=O) groups excluding carboxylic acids is 1. The summed E-state index contributed by atoms with van der Waals surface area (Å²) in [6.07, 6.45) is 0.621. The van der Waals surface area contributed by atoms with Gasteiger partial charge in [0.2, 0.25) is 0 Å². The number of aryl methyl sites for hydroxylation is 1. The van der Waals surface area contributed by atoms with Crippen LogP contribution in [0.2, 0.25) is 0 Å². The van der Waals surface area contributed by atoms with E-state index >= 15 is 0 Å². The maximum absolute atomic E-state index is 11.4. The molecule has 0 aromatic carbocycles. The number of pyridine rings is 1. The van der Waals surface area contributed by atoms with Gasteiger partial charge in [-0.15, -0.1) is 5.10 Å². The number of nitrogens with one attached hydrogen (secondary N) is 1. The number of nitrogens with zero attached hydrogens (tertiary/aromatic N) is 3. The Morgan fingerprint density at radius 3 is 2.65 bits per heavy atom. The van der Waals surface area contributed by atoms with E-state index < -0.39 is 5.91 Å². The Labute approximate surface area is 136 Å². The van der Waals surface area contributed by atoms with Gasteiger partial charge in [-0.2, -0.15) is 5.10 Å². The molecule has 0 unspecified atom stereocenters. The third kappa shape index (κ3) is 4.48. The highest BCUT2D eigenvalue weighted by atomic mass is 16.1. The van der Waals surface area contributed by atoms with Crippen molar-refractivity contribution in [3.63, 3.8) is 0 Å². The largest absolute Gasteiger partial charge is 0.370 e. The van der Waals surface area contributed by atoms with Crippen molar-refractivity contribution in [2.24, 2.45) is 5.73 Å². The van der Waals surface area contributed by atoms with Crippen molar-refractivity contribution in [2.45, 2.75) is 39.5 Å². The third-order valence-electron chi connectivity index (χ3n) is 3.45. The molecule has 0 radical (unpaired) electrons. The van der Waals surface area contributed by atoms with Gasteiger partial charge in [-0.1, -0.05) is 26.8 Å². The lowest BCUT2D eigenvalue weighted by Gasteiger charge is -2.18. The van der Waals surface area contributed by atoms with Gasteiger partial charge >= 0.3 is 0 Å². The quantitative estimate of drug-likeness (QED) is 0.883. The van der Waals surface area contributed by atoms with Crippen LogP contribution in [-0.4, -0.2) is 27.6 Å². The van der Waals surface area contributed by atoms with Gasteiger partial charge in [0.25, 0.3) is 5.91 Å². The van der Waals surface area contributed by atoms with Gasteiger partial charge in [0.05, 0.1) is 5.69 Å². The smallest absolute Gasteiger partial charge is 0.269 e. The molecule has 0 aliphatic carbocycles. The van der Waals surface area contributed by atoms with Crippen LogP contribution in [0.5, 0.6) is 0 Å². The molecular formula is C17H23N5O. The Balaban J connectivity index is 2.06. The van der Waals surface area contributed by atoms with Gasteiger partial charge in [-0.3, -0.25) is 4.79 Å². The van der Waals surface area contributed by atoms with Gasteiger partial charge in [0.1, 0.15) is 5.82 Å². The molecule has 122 valence electrons. The van der Waals surface area contributed by atoms with Crippen LogP contribution in [0.4, 0.5) is 5.82 Å². The topological polar surface area (TPSA) is 93.8 Å². The van der Waals surface area contributed by atoms with Crippen LogP contribution in [0.1, 0.15) is 48.2 Å². The van der Waals surface area contributed by atoms with Gasteiger partial charge < -0.3 is 11.1 Å². The molecule has 6 heteroatoms. The number of hydrogen-bond acceptors (Lipinski definition) is 5. The first-order chi connectivity index (χ1) is 10.8. The lowest BCUT2D eigenvalue weighted by atomic mass is 9.92. The molecule has 1 amide bonds. The molecule has 0 spiro atoms. The van der Waals surface area contributed by atoms with E-state index in [1.54, 1.807) is 0 Å². The number of amides is 1. The fourth-order valence-electron chi connectivity index (χ4n) is 2.22. The summed E-state index contributed by atoms with van der Waals surface area (Å²) in [6, 6.07) is 7.78. The van der Waals surface area contributed by atoms with Crippen molar-refractivity contribution in [1.29, 1.82) is 0 Å². The second kappa shape index (κ2) is 6.73. The normalized spacial score (nSPS) is 11.3. The molecule has 0 saturated heterocycles. The van der Waals surface area contributed by atoms with E-state index in [9.17, 15) is 4.79 Å². The molecule has 0 aliphatic rings. The average Bonchev–Trinajstić information content (AvgIpc) is 2.46. The zero-order valence-electron chi connectivity index (χ0n) is 14.1. The number of anilines is 1. The fraction of sp³-hybridized carbons (Fsp3) is 0.412. The van der Waals surface area contributed by atoms with E-state index in [-0.39, 0.29) is 11.1 Å². The van der Waals surface area contributed by atoms with Crippen LogP contribution >= 0.6 is 0 Å². The number of nitrogens with two attached hydrogens (primary N) is 1. The summed E-state index contributed by atoms with van der Waals surface area (Å²) in [7, 11) is 0. The minimum absolute atomic E-state index is 0.00294. The van der Waals surface area contributed by atoms with Crippen molar-refractivity contribution in [3.05, 3.63) is 46.9 Å². The molecule has 23 heavy (non-hydrogen) atoms. The van der Waals surface area contributed by atoms with Crippen molar-refractivity contribution < 1.29 is 4.79 Å². The highest BCUT2D eigenvalue weighted by Gasteiger charge is 2.15. The van der Waals surface area contributed by atoms with Gasteiger partial charge in [0.15, 0.2) is 5.69 Å². The number of primary amides is 1. The first-order valence-corrected chi connectivity index (χ1v) is 7.62. The van der Waals surface area contributed by atoms with E-state index in [1.807, 2.05) is 31.2 Å². The van der Waals surface area contributed by atoms with Gasteiger partial charge in [0, 0.05) is 17.7 Å². The molecule has 6 nitrogen and oxygen atoms in total.